The summed E-state index contributed by atoms with van der Waals surface area (Å²) >= 11 is 0. The van der Waals surface area contributed by atoms with E-state index in [0.717, 1.165) is 31.7 Å². The molecule has 2 aliphatic heterocycles. The van der Waals surface area contributed by atoms with Gasteiger partial charge in [0, 0.05) is 25.3 Å². The number of benzene rings is 2. The van der Waals surface area contributed by atoms with Gasteiger partial charge in [-0.1, -0.05) is 48.5 Å². The number of rotatable bonds is 4. The van der Waals surface area contributed by atoms with E-state index in [4.69, 9.17) is 14.6 Å². The second-order valence-corrected chi connectivity index (χ2v) is 7.48. The number of carboxylic acids is 1. The van der Waals surface area contributed by atoms with Crippen LogP contribution < -0.4 is 5.32 Å². The molecular weight excluding hydrogens is 413 g/mol. The third kappa shape index (κ3) is 6.53. The Balaban J connectivity index is 0.000000339. The number of anilines is 1. The largest absolute Gasteiger partial charge is 0.490 e. The van der Waals surface area contributed by atoms with E-state index < -0.39 is 12.1 Å². The highest BCUT2D eigenvalue weighted by Crippen LogP contribution is 2.33. The number of likely N-dealkylation sites (tertiary alicyclic amines) is 1. The van der Waals surface area contributed by atoms with Crippen LogP contribution in [0.2, 0.25) is 0 Å². The Morgan fingerprint density at radius 1 is 1.03 bits per heavy atom. The average Bonchev–Trinajstić information content (AvgIpc) is 3.03. The number of aliphatic carboxylic acids is 1. The van der Waals surface area contributed by atoms with Crippen molar-refractivity contribution >= 4 is 17.6 Å². The molecule has 1 amide bonds. The Labute approximate surface area is 177 Å². The summed E-state index contributed by atoms with van der Waals surface area (Å²) < 4.78 is 37.8. The fraction of sp³-hybridized carbons (Fsp3) is 0.364. The molecule has 9 heteroatoms. The summed E-state index contributed by atoms with van der Waals surface area (Å²) in [6.45, 7) is 2.64. The molecule has 2 aromatic rings. The molecule has 2 bridgehead atoms. The van der Waals surface area contributed by atoms with Gasteiger partial charge in [0.2, 0.25) is 5.91 Å². The lowest BCUT2D eigenvalue weighted by Crippen LogP contribution is -2.44. The van der Waals surface area contributed by atoms with Gasteiger partial charge in [0.15, 0.2) is 0 Å². The van der Waals surface area contributed by atoms with Gasteiger partial charge >= 0.3 is 12.1 Å². The molecule has 0 radical (unpaired) electrons. The van der Waals surface area contributed by atoms with Crippen molar-refractivity contribution in [1.82, 2.24) is 4.90 Å². The minimum absolute atomic E-state index is 0.00354. The van der Waals surface area contributed by atoms with Gasteiger partial charge < -0.3 is 15.2 Å². The lowest BCUT2D eigenvalue weighted by Gasteiger charge is -2.32. The van der Waals surface area contributed by atoms with Crippen LogP contribution in [-0.2, 0) is 20.9 Å². The zero-order valence-corrected chi connectivity index (χ0v) is 16.6. The van der Waals surface area contributed by atoms with Gasteiger partial charge in [0.05, 0.1) is 18.1 Å². The van der Waals surface area contributed by atoms with Crippen molar-refractivity contribution in [3.05, 3.63) is 66.2 Å². The maximum atomic E-state index is 12.6. The molecule has 31 heavy (non-hydrogen) atoms. The number of fused-ring (bicyclic) bond motifs is 2. The van der Waals surface area contributed by atoms with Crippen LogP contribution >= 0.6 is 0 Å². The molecule has 4 rings (SSSR count). The van der Waals surface area contributed by atoms with Gasteiger partial charge in [-0.15, -0.1) is 0 Å². The molecule has 2 fully saturated rings. The van der Waals surface area contributed by atoms with Crippen LogP contribution in [0.1, 0.15) is 12.0 Å². The molecule has 2 heterocycles. The second kappa shape index (κ2) is 9.93. The van der Waals surface area contributed by atoms with Gasteiger partial charge in [0.25, 0.3) is 0 Å². The van der Waals surface area contributed by atoms with Crippen LogP contribution in [0.15, 0.2) is 60.7 Å². The number of carboxylic acid groups (broad SMARTS) is 1. The maximum absolute atomic E-state index is 12.6. The summed E-state index contributed by atoms with van der Waals surface area (Å²) in [5, 5.41) is 10.1. The molecule has 2 saturated heterocycles. The monoisotopic (exact) mass is 436 g/mol. The first-order valence-corrected chi connectivity index (χ1v) is 9.80. The van der Waals surface area contributed by atoms with E-state index in [1.54, 1.807) is 0 Å². The number of carbonyl (C=O) groups is 2. The number of amides is 1. The van der Waals surface area contributed by atoms with Gasteiger partial charge in [-0.05, 0) is 24.1 Å². The van der Waals surface area contributed by atoms with Gasteiger partial charge in [-0.25, -0.2) is 4.79 Å². The predicted octanol–water partition coefficient (Wildman–Crippen LogP) is 3.55. The normalized spacial score (nSPS) is 22.9. The van der Waals surface area contributed by atoms with Crippen LogP contribution in [0, 0.1) is 5.92 Å². The number of hydrogen-bond acceptors (Lipinski definition) is 4. The minimum Gasteiger partial charge on any atom is -0.475 e. The van der Waals surface area contributed by atoms with E-state index in [1.165, 1.54) is 5.56 Å². The van der Waals surface area contributed by atoms with Crippen molar-refractivity contribution in [1.29, 1.82) is 0 Å². The lowest BCUT2D eigenvalue weighted by molar-refractivity contribution is -0.192. The van der Waals surface area contributed by atoms with Crippen LogP contribution in [0.3, 0.4) is 0 Å². The fourth-order valence-electron chi connectivity index (χ4n) is 3.74. The van der Waals surface area contributed by atoms with E-state index in [-0.39, 0.29) is 24.0 Å². The second-order valence-electron chi connectivity index (χ2n) is 7.48. The summed E-state index contributed by atoms with van der Waals surface area (Å²) in [5.74, 6) is -2.74. The SMILES string of the molecule is O=C(Nc1ccccc1)C1CC2CN(Cc3ccccc3)CC1O2.O=C(O)C(F)(F)F. The third-order valence-corrected chi connectivity index (χ3v) is 5.10. The molecule has 0 aliphatic carbocycles. The number of halogens is 3. The van der Waals surface area contributed by atoms with Crippen LogP contribution in [0.4, 0.5) is 18.9 Å². The zero-order chi connectivity index (χ0) is 22.4. The molecule has 2 aliphatic rings. The highest BCUT2D eigenvalue weighted by molar-refractivity contribution is 5.93. The molecule has 2 aromatic carbocycles. The van der Waals surface area contributed by atoms with Crippen molar-refractivity contribution < 1.29 is 32.6 Å². The van der Waals surface area contributed by atoms with E-state index in [2.05, 4.69) is 34.5 Å². The van der Waals surface area contributed by atoms with Gasteiger partial charge in [-0.2, -0.15) is 13.2 Å². The molecule has 0 spiro atoms. The molecule has 166 valence electrons. The van der Waals surface area contributed by atoms with Crippen molar-refractivity contribution in [3.8, 4) is 0 Å². The number of morpholine rings is 1. The summed E-state index contributed by atoms with van der Waals surface area (Å²) in [6, 6.07) is 20.1. The third-order valence-electron chi connectivity index (χ3n) is 5.10. The average molecular weight is 436 g/mol. The van der Waals surface area contributed by atoms with Crippen molar-refractivity contribution in [2.45, 2.75) is 31.3 Å². The predicted molar refractivity (Wildman–Crippen MR) is 107 cm³/mol. The first-order chi connectivity index (χ1) is 14.7. The lowest BCUT2D eigenvalue weighted by atomic mass is 9.99. The van der Waals surface area contributed by atoms with Crippen molar-refractivity contribution in [2.24, 2.45) is 5.92 Å². The summed E-state index contributed by atoms with van der Waals surface area (Å²) in [7, 11) is 0. The minimum atomic E-state index is -5.08. The van der Waals surface area contributed by atoms with Crippen molar-refractivity contribution in [3.63, 3.8) is 0 Å². The highest BCUT2D eigenvalue weighted by Gasteiger charge is 2.44. The highest BCUT2D eigenvalue weighted by atomic mass is 19.4. The molecule has 2 N–H and O–H groups in total. The number of nitrogens with one attached hydrogen (secondary N) is 1. The Hall–Kier alpha value is -2.91. The molecule has 3 unspecified atom stereocenters. The Morgan fingerprint density at radius 2 is 1.61 bits per heavy atom. The molecule has 0 saturated carbocycles. The van der Waals surface area contributed by atoms with Gasteiger partial charge in [0.1, 0.15) is 0 Å². The molecule has 3 atom stereocenters. The number of ether oxygens (including phenoxy) is 1. The van der Waals surface area contributed by atoms with Crippen LogP contribution in [0.25, 0.3) is 0 Å². The number of alkyl halides is 3. The molecular formula is C22H23F3N2O4. The quantitative estimate of drug-likeness (QED) is 0.767. The van der Waals surface area contributed by atoms with Gasteiger partial charge in [-0.3, -0.25) is 9.69 Å². The number of hydrogen-bond donors (Lipinski definition) is 2. The molecule has 6 nitrogen and oxygen atoms in total. The molecule has 0 aromatic heterocycles. The standard InChI is InChI=1S/C20H22N2O2.C2HF3O2/c23-20(21-16-9-5-2-6-10-16)18-11-17-13-22(14-19(18)24-17)12-15-7-3-1-4-8-15;3-2(4,5)1(6)7/h1-10,17-19H,11-14H2,(H,21,23);(H,6,7). The zero-order valence-electron chi connectivity index (χ0n) is 16.6. The Morgan fingerprint density at radius 3 is 2.19 bits per heavy atom. The first-order valence-electron chi connectivity index (χ1n) is 9.80. The van der Waals surface area contributed by atoms with E-state index in [0.29, 0.717) is 0 Å². The summed E-state index contributed by atoms with van der Waals surface area (Å²) in [5.41, 5.74) is 2.16. The van der Waals surface area contributed by atoms with Crippen molar-refractivity contribution in [2.75, 3.05) is 18.4 Å². The van der Waals surface area contributed by atoms with E-state index in [1.807, 2.05) is 36.4 Å². The van der Waals surface area contributed by atoms with E-state index >= 15 is 0 Å². The van der Waals surface area contributed by atoms with Crippen LogP contribution in [-0.4, -0.2) is 53.4 Å². The topological polar surface area (TPSA) is 78.9 Å². The fourth-order valence-corrected chi connectivity index (χ4v) is 3.74. The number of para-hydroxylation sites is 1. The Bertz CT molecular complexity index is 877. The Kier molecular flexibility index (Phi) is 7.29. The van der Waals surface area contributed by atoms with Crippen LogP contribution in [0.5, 0.6) is 0 Å². The summed E-state index contributed by atoms with van der Waals surface area (Å²) in [6.07, 6.45) is -4.11. The number of nitrogens with zero attached hydrogens (tertiary/aromatic N) is 1. The maximum Gasteiger partial charge on any atom is 0.490 e. The number of carbonyl (C=O) groups excluding carboxylic acids is 1. The van der Waals surface area contributed by atoms with E-state index in [9.17, 15) is 18.0 Å². The summed E-state index contributed by atoms with van der Waals surface area (Å²) in [4.78, 5) is 23.9. The first kappa shape index (κ1) is 22.8. The smallest absolute Gasteiger partial charge is 0.475 e.